The minimum absolute atomic E-state index is 0.00992. The fourth-order valence-corrected chi connectivity index (χ4v) is 4.55. The highest BCUT2D eigenvalue weighted by Crippen LogP contribution is 2.27. The Bertz CT molecular complexity index is 1330. The lowest BCUT2D eigenvalue weighted by Gasteiger charge is -2.19. The van der Waals surface area contributed by atoms with Crippen LogP contribution in [0.1, 0.15) is 45.1 Å². The number of esters is 1. The number of aryl methyl sites for hydroxylation is 3. The van der Waals surface area contributed by atoms with Crippen molar-refractivity contribution in [2.75, 3.05) is 18.1 Å². The summed E-state index contributed by atoms with van der Waals surface area (Å²) in [5, 5.41) is 4.92. The quantitative estimate of drug-likeness (QED) is 0.357. The molecule has 0 unspecified atom stereocenters. The van der Waals surface area contributed by atoms with E-state index in [0.29, 0.717) is 34.6 Å². The van der Waals surface area contributed by atoms with Gasteiger partial charge >= 0.3 is 5.97 Å². The van der Waals surface area contributed by atoms with Gasteiger partial charge in [-0.05, 0) is 45.7 Å². The molecule has 4 aromatic rings. The number of nitrogens with zero attached hydrogens (tertiary/aromatic N) is 6. The largest absolute Gasteiger partial charge is 0.461 e. The molecule has 1 amide bonds. The first-order valence-electron chi connectivity index (χ1n) is 11.0. The summed E-state index contributed by atoms with van der Waals surface area (Å²) in [6.07, 6.45) is 0.627. The second-order valence-corrected chi connectivity index (χ2v) is 9.04. The SMILES string of the molecule is CCOC(=O)c1nc(N(CCc2ccccc2)C(=O)Cc2nc3nc(C)cc(C)n3n2)sc1C. The predicted molar refractivity (Wildman–Crippen MR) is 129 cm³/mol. The van der Waals surface area contributed by atoms with Crippen molar-refractivity contribution in [3.8, 4) is 0 Å². The van der Waals surface area contributed by atoms with Crippen molar-refractivity contribution in [3.63, 3.8) is 0 Å². The molecular weight excluding hydrogens is 452 g/mol. The molecule has 0 spiro atoms. The van der Waals surface area contributed by atoms with Crippen LogP contribution in [0.3, 0.4) is 0 Å². The summed E-state index contributed by atoms with van der Waals surface area (Å²) in [6, 6.07) is 11.8. The first kappa shape index (κ1) is 23.5. The molecule has 10 heteroatoms. The molecule has 176 valence electrons. The van der Waals surface area contributed by atoms with Crippen molar-refractivity contribution >= 4 is 34.1 Å². The number of carbonyl (C=O) groups is 2. The van der Waals surface area contributed by atoms with Crippen molar-refractivity contribution in [2.24, 2.45) is 0 Å². The van der Waals surface area contributed by atoms with Gasteiger partial charge in [0.1, 0.15) is 0 Å². The first-order chi connectivity index (χ1) is 16.4. The van der Waals surface area contributed by atoms with Crippen LogP contribution in [-0.2, 0) is 22.4 Å². The zero-order valence-electron chi connectivity index (χ0n) is 19.6. The Kier molecular flexibility index (Phi) is 6.97. The second kappa shape index (κ2) is 10.1. The highest BCUT2D eigenvalue weighted by atomic mass is 32.1. The molecule has 9 nitrogen and oxygen atoms in total. The predicted octanol–water partition coefficient (Wildman–Crippen LogP) is 3.50. The molecule has 0 aliphatic rings. The minimum atomic E-state index is -0.489. The Labute approximate surface area is 201 Å². The minimum Gasteiger partial charge on any atom is -0.461 e. The van der Waals surface area contributed by atoms with Gasteiger partial charge in [0.25, 0.3) is 5.78 Å². The van der Waals surface area contributed by atoms with Crippen LogP contribution in [0, 0.1) is 20.8 Å². The Hall–Kier alpha value is -3.66. The van der Waals surface area contributed by atoms with Gasteiger partial charge in [-0.2, -0.15) is 4.98 Å². The highest BCUT2D eigenvalue weighted by molar-refractivity contribution is 7.16. The van der Waals surface area contributed by atoms with Gasteiger partial charge in [0.05, 0.1) is 13.0 Å². The number of aromatic nitrogens is 5. The van der Waals surface area contributed by atoms with E-state index in [0.717, 1.165) is 17.0 Å². The van der Waals surface area contributed by atoms with Crippen molar-refractivity contribution < 1.29 is 14.3 Å². The molecule has 3 aromatic heterocycles. The zero-order chi connectivity index (χ0) is 24.2. The number of benzene rings is 1. The Balaban J connectivity index is 1.62. The lowest BCUT2D eigenvalue weighted by molar-refractivity contribution is -0.118. The van der Waals surface area contributed by atoms with E-state index < -0.39 is 5.97 Å². The van der Waals surface area contributed by atoms with Crippen molar-refractivity contribution in [1.82, 2.24) is 24.6 Å². The van der Waals surface area contributed by atoms with Crippen LogP contribution in [0.25, 0.3) is 5.78 Å². The van der Waals surface area contributed by atoms with E-state index in [2.05, 4.69) is 20.1 Å². The molecule has 0 fully saturated rings. The van der Waals surface area contributed by atoms with E-state index in [-0.39, 0.29) is 24.6 Å². The van der Waals surface area contributed by atoms with Gasteiger partial charge in [-0.3, -0.25) is 9.69 Å². The smallest absolute Gasteiger partial charge is 0.358 e. The van der Waals surface area contributed by atoms with E-state index >= 15 is 0 Å². The van der Waals surface area contributed by atoms with Gasteiger partial charge in [-0.25, -0.2) is 19.3 Å². The lowest BCUT2D eigenvalue weighted by atomic mass is 10.1. The molecule has 0 saturated carbocycles. The second-order valence-electron chi connectivity index (χ2n) is 7.86. The van der Waals surface area contributed by atoms with Crippen LogP contribution < -0.4 is 4.90 Å². The summed E-state index contributed by atoms with van der Waals surface area (Å²) in [7, 11) is 0. The van der Waals surface area contributed by atoms with Crippen LogP contribution >= 0.6 is 11.3 Å². The van der Waals surface area contributed by atoms with E-state index in [1.165, 1.54) is 11.3 Å². The van der Waals surface area contributed by atoms with E-state index in [4.69, 9.17) is 4.74 Å². The van der Waals surface area contributed by atoms with Crippen molar-refractivity contribution in [3.05, 3.63) is 69.7 Å². The third-order valence-electron chi connectivity index (χ3n) is 5.22. The Morgan fingerprint density at radius 2 is 1.85 bits per heavy atom. The van der Waals surface area contributed by atoms with E-state index in [9.17, 15) is 9.59 Å². The average molecular weight is 479 g/mol. The number of fused-ring (bicyclic) bond motifs is 1. The van der Waals surface area contributed by atoms with Gasteiger partial charge < -0.3 is 4.74 Å². The van der Waals surface area contributed by atoms with Crippen LogP contribution in [0.15, 0.2) is 36.4 Å². The molecule has 1 aromatic carbocycles. The maximum absolute atomic E-state index is 13.4. The number of hydrogen-bond acceptors (Lipinski definition) is 8. The van der Waals surface area contributed by atoms with Gasteiger partial charge in [-0.1, -0.05) is 30.3 Å². The highest BCUT2D eigenvalue weighted by Gasteiger charge is 2.25. The molecule has 0 N–H and O–H groups in total. The zero-order valence-corrected chi connectivity index (χ0v) is 20.4. The topological polar surface area (TPSA) is 103 Å². The molecular formula is C24H26N6O3S. The molecule has 0 aliphatic carbocycles. The summed E-state index contributed by atoms with van der Waals surface area (Å²) in [6.45, 7) is 8.02. The molecule has 0 radical (unpaired) electrons. The number of amides is 1. The molecule has 0 aliphatic heterocycles. The number of hydrogen-bond donors (Lipinski definition) is 0. The van der Waals surface area contributed by atoms with Crippen LogP contribution in [0.5, 0.6) is 0 Å². The Morgan fingerprint density at radius 1 is 1.09 bits per heavy atom. The summed E-state index contributed by atoms with van der Waals surface area (Å²) in [5.41, 5.74) is 3.06. The van der Waals surface area contributed by atoms with E-state index in [1.54, 1.807) is 23.3 Å². The maximum atomic E-state index is 13.4. The summed E-state index contributed by atoms with van der Waals surface area (Å²) >= 11 is 1.29. The number of anilines is 1. The van der Waals surface area contributed by atoms with Crippen molar-refractivity contribution in [2.45, 2.75) is 40.5 Å². The van der Waals surface area contributed by atoms with Gasteiger partial charge in [0.2, 0.25) is 5.91 Å². The van der Waals surface area contributed by atoms with Gasteiger partial charge in [-0.15, -0.1) is 16.4 Å². The average Bonchev–Trinajstić information content (AvgIpc) is 3.38. The first-order valence-corrected chi connectivity index (χ1v) is 11.9. The number of rotatable bonds is 8. The lowest BCUT2D eigenvalue weighted by Crippen LogP contribution is -2.34. The maximum Gasteiger partial charge on any atom is 0.358 e. The normalized spacial score (nSPS) is 11.1. The fraction of sp³-hybridized carbons (Fsp3) is 0.333. The Morgan fingerprint density at radius 3 is 2.59 bits per heavy atom. The summed E-state index contributed by atoms with van der Waals surface area (Å²) < 4.78 is 6.75. The molecule has 4 rings (SSSR count). The van der Waals surface area contributed by atoms with E-state index in [1.807, 2.05) is 50.2 Å². The number of ether oxygens (including phenoxy) is 1. The molecule has 0 bridgehead atoms. The van der Waals surface area contributed by atoms with Gasteiger partial charge in [0, 0.05) is 22.8 Å². The molecule has 34 heavy (non-hydrogen) atoms. The molecule has 0 atom stereocenters. The molecule has 0 saturated heterocycles. The standard InChI is InChI=1S/C24H26N6O3S/c1-5-33-22(32)21-17(4)34-24(27-21)29(12-11-18-9-7-6-8-10-18)20(31)14-19-26-23-25-15(2)13-16(3)30(23)28-19/h6-10,13H,5,11-12,14H2,1-4H3. The van der Waals surface area contributed by atoms with Gasteiger partial charge in [0.15, 0.2) is 16.6 Å². The third kappa shape index (κ3) is 5.12. The van der Waals surface area contributed by atoms with Crippen LogP contribution in [0.2, 0.25) is 0 Å². The monoisotopic (exact) mass is 478 g/mol. The van der Waals surface area contributed by atoms with Crippen LogP contribution in [0.4, 0.5) is 5.13 Å². The summed E-state index contributed by atoms with van der Waals surface area (Å²) in [5.74, 6) is 0.155. The summed E-state index contributed by atoms with van der Waals surface area (Å²) in [4.78, 5) is 41.3. The third-order valence-corrected chi connectivity index (χ3v) is 6.22. The molecule has 3 heterocycles. The number of carbonyl (C=O) groups excluding carboxylic acids is 2. The fourth-order valence-electron chi connectivity index (χ4n) is 3.61. The van der Waals surface area contributed by atoms with Crippen LogP contribution in [-0.4, -0.2) is 49.6 Å². The number of thiazole rings is 1. The van der Waals surface area contributed by atoms with Crippen molar-refractivity contribution in [1.29, 1.82) is 0 Å².